The predicted octanol–water partition coefficient (Wildman–Crippen LogP) is -0.749. The Balaban J connectivity index is 0.000000541. The fourth-order valence-electron chi connectivity index (χ4n) is 1.10. The van der Waals surface area contributed by atoms with Crippen LogP contribution in [0, 0.1) is 0 Å². The molecule has 0 aliphatic rings. The Morgan fingerprint density at radius 3 is 2.59 bits per heavy atom. The number of hydrogen-bond donors (Lipinski definition) is 5. The lowest BCUT2D eigenvalue weighted by molar-refractivity contribution is -0.147. The first-order valence-corrected chi connectivity index (χ1v) is 6.77. The van der Waals surface area contributed by atoms with Gasteiger partial charge in [0, 0.05) is 18.0 Å². The van der Waals surface area contributed by atoms with Gasteiger partial charge in [0.25, 0.3) is 0 Å². The summed E-state index contributed by atoms with van der Waals surface area (Å²) >= 11 is 1.05. The van der Waals surface area contributed by atoms with Gasteiger partial charge in [-0.2, -0.15) is 0 Å². The normalized spacial score (nSPS) is 9.77. The van der Waals surface area contributed by atoms with E-state index in [1.807, 2.05) is 0 Å². The number of rotatable bonds is 4. The number of amides is 1. The average Bonchev–Trinajstić information content (AvgIpc) is 3.15. The number of carbonyl (C=O) groups is 2. The van der Waals surface area contributed by atoms with E-state index in [4.69, 9.17) is 25.6 Å². The van der Waals surface area contributed by atoms with Crippen LogP contribution in [0.15, 0.2) is 16.0 Å². The number of anilines is 1. The van der Waals surface area contributed by atoms with Crippen LogP contribution in [0.2, 0.25) is 0 Å². The molecule has 0 unspecified atom stereocenters. The molecular weight excluding hydrogens is 316 g/mol. The quantitative estimate of drug-likeness (QED) is 0.452. The monoisotopic (exact) mass is 330 g/mol. The molecule has 0 spiro atoms. The maximum atomic E-state index is 10.9. The maximum Gasteiger partial charge on any atom is 0.394 e. The SMILES string of the molecule is NCCO.O=C(O)C(=O)Nc1nc(-c2cc(CO)no2)cs1. The molecule has 6 N–H and O–H groups in total. The van der Waals surface area contributed by atoms with Crippen molar-refractivity contribution in [3.05, 3.63) is 17.1 Å². The highest BCUT2D eigenvalue weighted by Crippen LogP contribution is 2.25. The van der Waals surface area contributed by atoms with Gasteiger partial charge < -0.3 is 25.6 Å². The van der Waals surface area contributed by atoms with E-state index in [1.165, 1.54) is 6.07 Å². The first-order chi connectivity index (χ1) is 10.5. The van der Waals surface area contributed by atoms with E-state index in [0.717, 1.165) is 11.3 Å². The Kier molecular flexibility index (Phi) is 7.12. The molecule has 22 heavy (non-hydrogen) atoms. The number of aliphatic hydroxyl groups is 2. The number of carboxylic acids is 1. The lowest BCUT2D eigenvalue weighted by Crippen LogP contribution is -2.21. The zero-order valence-electron chi connectivity index (χ0n) is 11.2. The molecule has 0 fully saturated rings. The molecule has 0 radical (unpaired) electrons. The number of nitrogens with one attached hydrogen (secondary N) is 1. The number of aromatic nitrogens is 2. The molecule has 10 nitrogen and oxygen atoms in total. The number of thiazole rings is 1. The molecule has 2 rings (SSSR count). The Bertz CT molecular complexity index is 624. The first-order valence-electron chi connectivity index (χ1n) is 5.89. The van der Waals surface area contributed by atoms with Gasteiger partial charge in [-0.25, -0.2) is 9.78 Å². The van der Waals surface area contributed by atoms with Crippen molar-refractivity contribution in [1.29, 1.82) is 0 Å². The fourth-order valence-corrected chi connectivity index (χ4v) is 1.80. The summed E-state index contributed by atoms with van der Waals surface area (Å²) in [7, 11) is 0. The van der Waals surface area contributed by atoms with E-state index in [2.05, 4.69) is 15.5 Å². The minimum Gasteiger partial charge on any atom is -0.474 e. The first kappa shape index (κ1) is 17.7. The maximum absolute atomic E-state index is 10.9. The van der Waals surface area contributed by atoms with E-state index in [0.29, 0.717) is 23.7 Å². The van der Waals surface area contributed by atoms with Crippen LogP contribution in [-0.4, -0.2) is 50.5 Å². The largest absolute Gasteiger partial charge is 0.474 e. The van der Waals surface area contributed by atoms with Gasteiger partial charge in [-0.15, -0.1) is 11.3 Å². The van der Waals surface area contributed by atoms with Crippen molar-refractivity contribution in [2.45, 2.75) is 6.61 Å². The summed E-state index contributed by atoms with van der Waals surface area (Å²) in [5.41, 5.74) is 5.53. The van der Waals surface area contributed by atoms with Crippen LogP contribution in [0.25, 0.3) is 11.5 Å². The van der Waals surface area contributed by atoms with Gasteiger partial charge in [0.15, 0.2) is 10.9 Å². The molecule has 11 heteroatoms. The highest BCUT2D eigenvalue weighted by Gasteiger charge is 2.15. The summed E-state index contributed by atoms with van der Waals surface area (Å²) in [6.07, 6.45) is 0. The number of carbonyl (C=O) groups excluding carboxylic acids is 1. The minimum absolute atomic E-state index is 0.0972. The zero-order chi connectivity index (χ0) is 16.5. The van der Waals surface area contributed by atoms with Gasteiger partial charge in [0.1, 0.15) is 11.4 Å². The standard InChI is InChI=1S/C9H7N3O5S.C2H7NO/c13-2-4-1-6(17-12-4)5-3-18-9(10-5)11-7(14)8(15)16;3-1-2-4/h1,3,13H,2H2,(H,15,16)(H,10,11,14);4H,1-3H2. The lowest BCUT2D eigenvalue weighted by Gasteiger charge is -1.94. The van der Waals surface area contributed by atoms with Crippen LogP contribution in [0.4, 0.5) is 5.13 Å². The molecule has 120 valence electrons. The van der Waals surface area contributed by atoms with E-state index in [1.54, 1.807) is 5.38 Å². The second-order valence-corrected chi connectivity index (χ2v) is 4.51. The Morgan fingerprint density at radius 2 is 2.09 bits per heavy atom. The van der Waals surface area contributed by atoms with E-state index in [-0.39, 0.29) is 18.3 Å². The number of hydrogen-bond acceptors (Lipinski definition) is 9. The molecule has 0 aromatic carbocycles. The molecule has 0 saturated heterocycles. The molecule has 2 aromatic rings. The molecule has 2 aromatic heterocycles. The molecule has 0 atom stereocenters. The number of carboxylic acid groups (broad SMARTS) is 1. The summed E-state index contributed by atoms with van der Waals surface area (Å²) in [5, 5.41) is 32.4. The summed E-state index contributed by atoms with van der Waals surface area (Å²) in [6.45, 7) is 0.218. The van der Waals surface area contributed by atoms with E-state index >= 15 is 0 Å². The van der Waals surface area contributed by atoms with Crippen LogP contribution in [-0.2, 0) is 16.2 Å². The highest BCUT2D eigenvalue weighted by atomic mass is 32.1. The van der Waals surface area contributed by atoms with E-state index < -0.39 is 11.9 Å². The summed E-state index contributed by atoms with van der Waals surface area (Å²) in [5.74, 6) is -2.43. The fraction of sp³-hybridized carbons (Fsp3) is 0.273. The van der Waals surface area contributed by atoms with Gasteiger partial charge >= 0.3 is 11.9 Å². The van der Waals surface area contributed by atoms with Crippen molar-refractivity contribution >= 4 is 28.3 Å². The molecule has 0 saturated carbocycles. The van der Waals surface area contributed by atoms with Crippen LogP contribution in [0.1, 0.15) is 5.69 Å². The lowest BCUT2D eigenvalue weighted by atomic mass is 10.3. The number of aliphatic hydroxyl groups excluding tert-OH is 2. The summed E-state index contributed by atoms with van der Waals surface area (Å²) in [4.78, 5) is 25.2. The minimum atomic E-state index is -1.59. The van der Waals surface area contributed by atoms with Crippen molar-refractivity contribution in [1.82, 2.24) is 10.1 Å². The average molecular weight is 330 g/mol. The second-order valence-electron chi connectivity index (χ2n) is 3.65. The number of aliphatic carboxylic acids is 1. The third kappa shape index (κ3) is 5.21. The van der Waals surface area contributed by atoms with Crippen molar-refractivity contribution in [2.24, 2.45) is 5.73 Å². The van der Waals surface area contributed by atoms with Crippen LogP contribution >= 0.6 is 11.3 Å². The topological polar surface area (TPSA) is 172 Å². The van der Waals surface area contributed by atoms with Crippen molar-refractivity contribution in [2.75, 3.05) is 18.5 Å². The molecular formula is C11H14N4O6S. The molecule has 1 amide bonds. The van der Waals surface area contributed by atoms with Crippen LogP contribution in [0.3, 0.4) is 0 Å². The number of nitrogens with zero attached hydrogens (tertiary/aromatic N) is 2. The van der Waals surface area contributed by atoms with Crippen LogP contribution < -0.4 is 11.1 Å². The third-order valence-corrected chi connectivity index (χ3v) is 2.78. The van der Waals surface area contributed by atoms with Gasteiger partial charge in [-0.1, -0.05) is 5.16 Å². The number of nitrogens with two attached hydrogens (primary N) is 1. The third-order valence-electron chi connectivity index (χ3n) is 2.02. The van der Waals surface area contributed by atoms with Crippen molar-refractivity contribution < 1.29 is 29.4 Å². The smallest absolute Gasteiger partial charge is 0.394 e. The Morgan fingerprint density at radius 1 is 1.41 bits per heavy atom. The predicted molar refractivity (Wildman–Crippen MR) is 75.9 cm³/mol. The highest BCUT2D eigenvalue weighted by molar-refractivity contribution is 7.14. The molecule has 2 heterocycles. The molecule has 0 aliphatic heterocycles. The summed E-state index contributed by atoms with van der Waals surface area (Å²) in [6, 6.07) is 1.50. The van der Waals surface area contributed by atoms with Gasteiger partial charge in [0.2, 0.25) is 0 Å². The van der Waals surface area contributed by atoms with Crippen LogP contribution in [0.5, 0.6) is 0 Å². The zero-order valence-corrected chi connectivity index (χ0v) is 12.0. The van der Waals surface area contributed by atoms with Gasteiger partial charge in [0.05, 0.1) is 13.2 Å². The summed E-state index contributed by atoms with van der Waals surface area (Å²) < 4.78 is 4.91. The van der Waals surface area contributed by atoms with Gasteiger partial charge in [-0.05, 0) is 0 Å². The second kappa shape index (κ2) is 8.84. The van der Waals surface area contributed by atoms with Crippen molar-refractivity contribution in [3.8, 4) is 11.5 Å². The Labute approximate surface area is 128 Å². The van der Waals surface area contributed by atoms with Gasteiger partial charge in [-0.3, -0.25) is 10.1 Å². The Hall–Kier alpha value is -2.34. The van der Waals surface area contributed by atoms with Crippen molar-refractivity contribution in [3.63, 3.8) is 0 Å². The molecule has 0 bridgehead atoms. The molecule has 0 aliphatic carbocycles. The van der Waals surface area contributed by atoms with E-state index in [9.17, 15) is 9.59 Å².